The van der Waals surface area contributed by atoms with E-state index in [0.29, 0.717) is 0 Å². The molecule has 1 aliphatic heterocycles. The van der Waals surface area contributed by atoms with E-state index in [-0.39, 0.29) is 32.8 Å². The van der Waals surface area contributed by atoms with Gasteiger partial charge in [0, 0.05) is 0 Å². The molecule has 0 spiro atoms. The Bertz CT molecular complexity index is 268. The second-order valence-electron chi connectivity index (χ2n) is 4.66. The molecule has 0 saturated heterocycles. The first-order chi connectivity index (χ1) is 6.92. The van der Waals surface area contributed by atoms with Crippen LogP contribution >= 0.6 is 0 Å². The summed E-state index contributed by atoms with van der Waals surface area (Å²) in [5.41, 5.74) is -0.386. The summed E-state index contributed by atoms with van der Waals surface area (Å²) in [6.45, 7) is 7.26. The Morgan fingerprint density at radius 2 is 2.20 bits per heavy atom. The van der Waals surface area contributed by atoms with E-state index in [9.17, 15) is 4.79 Å². The Kier molecular flexibility index (Phi) is 4.49. The normalized spacial score (nSPS) is 17.3. The molecule has 3 nitrogen and oxygen atoms in total. The maximum atomic E-state index is 11.7. The first-order valence-electron chi connectivity index (χ1n) is 5.27. The van der Waals surface area contributed by atoms with E-state index in [0.717, 1.165) is 19.5 Å². The van der Waals surface area contributed by atoms with E-state index in [2.05, 4.69) is 11.0 Å². The molecule has 0 aliphatic carbocycles. The predicted octanol–water partition coefficient (Wildman–Crippen LogP) is 2.26. The van der Waals surface area contributed by atoms with Gasteiger partial charge in [-0.3, -0.25) is 0 Å². The van der Waals surface area contributed by atoms with Crippen molar-refractivity contribution in [3.05, 3.63) is 9.67 Å². The molecule has 0 unspecified atom stereocenters. The van der Waals surface area contributed by atoms with Crippen molar-refractivity contribution in [2.45, 2.75) is 37.7 Å². The number of carbonyl (C=O) groups is 1. The molecule has 1 rings (SSSR count). The molecule has 0 aromatic carbocycles. The summed E-state index contributed by atoms with van der Waals surface area (Å²) in [5, 5.41) is 0. The third-order valence-electron chi connectivity index (χ3n) is 2.18. The molecule has 0 N–H and O–H groups in total. The molecule has 1 amide bonds. The summed E-state index contributed by atoms with van der Waals surface area (Å²) in [5.74, 6) is 0. The fourth-order valence-corrected chi connectivity index (χ4v) is 3.26. The van der Waals surface area contributed by atoms with Gasteiger partial charge in [0.05, 0.1) is 0 Å². The number of rotatable bonds is 1. The number of nitrogens with zero attached hydrogens (tertiary/aromatic N) is 1. The average molecular weight is 316 g/mol. The molecule has 1 aliphatic rings. The number of hydrogen-bond acceptors (Lipinski definition) is 2. The topological polar surface area (TPSA) is 29.5 Å². The van der Waals surface area contributed by atoms with Crippen LogP contribution in [-0.4, -0.2) is 50.8 Å². The first-order valence-corrected chi connectivity index (χ1v) is 9.55. The molecule has 0 fully saturated rings. The summed E-state index contributed by atoms with van der Waals surface area (Å²) in [7, 11) is 0. The van der Waals surface area contributed by atoms with Gasteiger partial charge in [0.2, 0.25) is 0 Å². The monoisotopic (exact) mass is 317 g/mol. The van der Waals surface area contributed by atoms with Crippen molar-refractivity contribution >= 4 is 27.2 Å². The van der Waals surface area contributed by atoms with Crippen LogP contribution in [0.3, 0.4) is 0 Å². The molecule has 15 heavy (non-hydrogen) atoms. The van der Waals surface area contributed by atoms with Gasteiger partial charge in [0.25, 0.3) is 0 Å². The van der Waals surface area contributed by atoms with E-state index >= 15 is 0 Å². The third kappa shape index (κ3) is 4.45. The number of carbonyl (C=O) groups excluding carboxylic acids is 1. The van der Waals surface area contributed by atoms with Gasteiger partial charge in [0.15, 0.2) is 0 Å². The Balaban J connectivity index is 2.47. The zero-order valence-corrected chi connectivity index (χ0v) is 12.8. The number of amides is 1. The van der Waals surface area contributed by atoms with Crippen LogP contribution in [0.1, 0.15) is 27.2 Å². The zero-order chi connectivity index (χ0) is 11.5. The van der Waals surface area contributed by atoms with Crippen LogP contribution in [-0.2, 0) is 4.74 Å². The van der Waals surface area contributed by atoms with Gasteiger partial charge in [-0.25, -0.2) is 0 Å². The van der Waals surface area contributed by atoms with Gasteiger partial charge in [-0.05, 0) is 0 Å². The van der Waals surface area contributed by atoms with Gasteiger partial charge in [-0.2, -0.15) is 0 Å². The fraction of sp³-hybridized carbons (Fsp3) is 0.727. The van der Waals surface area contributed by atoms with E-state index in [1.165, 1.54) is 0 Å². The summed E-state index contributed by atoms with van der Waals surface area (Å²) in [4.78, 5) is 15.8. The fourth-order valence-electron chi connectivity index (χ4n) is 1.39. The number of hydrogen-bond donors (Lipinski definition) is 0. The third-order valence-corrected chi connectivity index (χ3v) is 5.31. The van der Waals surface area contributed by atoms with Gasteiger partial charge in [-0.1, -0.05) is 0 Å². The predicted molar refractivity (Wildman–Crippen MR) is 62.1 cm³/mol. The molecule has 0 atom stereocenters. The molecule has 0 saturated carbocycles. The molecule has 2 radical (unpaired) electrons. The van der Waals surface area contributed by atoms with E-state index in [4.69, 9.17) is 4.74 Å². The minimum absolute atomic E-state index is 0.181. The van der Waals surface area contributed by atoms with Crippen molar-refractivity contribution in [2.75, 3.05) is 13.1 Å². The Labute approximate surface area is 102 Å². The van der Waals surface area contributed by atoms with Crippen LogP contribution in [0.25, 0.3) is 0 Å². The summed E-state index contributed by atoms with van der Waals surface area (Å²) in [6, 6.07) is 0. The summed E-state index contributed by atoms with van der Waals surface area (Å²) in [6.07, 6.45) is 3.08. The van der Waals surface area contributed by atoms with Crippen LogP contribution in [0.15, 0.2) is 9.67 Å². The van der Waals surface area contributed by atoms with Crippen LogP contribution in [0.2, 0.25) is 4.94 Å². The quantitative estimate of drug-likeness (QED) is 0.695. The standard InChI is InChI=1S/C10H16NO2.CH3.Sn/c1-10(2,3)13-9(12)11-7-5-4-6-8-11;;/h5H,6-8H2,1-3H3;1H3;. The Morgan fingerprint density at radius 3 is 2.60 bits per heavy atom. The van der Waals surface area contributed by atoms with Crippen molar-refractivity contribution in [1.29, 1.82) is 0 Å². The molecule has 0 aromatic rings. The van der Waals surface area contributed by atoms with Crippen LogP contribution in [0, 0.1) is 0 Å². The summed E-state index contributed by atoms with van der Waals surface area (Å²) >= 11 is -0.280. The van der Waals surface area contributed by atoms with Gasteiger partial charge >= 0.3 is 102 Å². The Morgan fingerprint density at radius 1 is 1.53 bits per heavy atom. The van der Waals surface area contributed by atoms with Crippen molar-refractivity contribution < 1.29 is 9.53 Å². The zero-order valence-electron chi connectivity index (χ0n) is 9.96. The molecule has 0 bridgehead atoms. The van der Waals surface area contributed by atoms with Crippen LogP contribution < -0.4 is 0 Å². The molecular formula is C11H19NO2Sn. The molecule has 84 valence electrons. The summed E-state index contributed by atoms with van der Waals surface area (Å²) < 4.78 is 6.93. The van der Waals surface area contributed by atoms with Crippen molar-refractivity contribution in [1.82, 2.24) is 4.90 Å². The van der Waals surface area contributed by atoms with E-state index in [1.807, 2.05) is 20.8 Å². The van der Waals surface area contributed by atoms with Crippen molar-refractivity contribution in [3.8, 4) is 0 Å². The van der Waals surface area contributed by atoms with Gasteiger partial charge < -0.3 is 0 Å². The molecule has 4 heteroatoms. The van der Waals surface area contributed by atoms with Crippen molar-refractivity contribution in [2.24, 2.45) is 0 Å². The molecule has 0 aromatic heterocycles. The number of ether oxygens (including phenoxy) is 1. The van der Waals surface area contributed by atoms with Crippen LogP contribution in [0.4, 0.5) is 4.79 Å². The van der Waals surface area contributed by atoms with E-state index < -0.39 is 0 Å². The second kappa shape index (κ2) is 5.23. The Hall–Kier alpha value is -0.191. The average Bonchev–Trinajstić information content (AvgIpc) is 2.15. The van der Waals surface area contributed by atoms with E-state index in [1.54, 1.807) is 8.49 Å². The second-order valence-corrected chi connectivity index (χ2v) is 7.92. The maximum absolute atomic E-state index is 11.7. The first kappa shape index (κ1) is 12.9. The molecule has 1 heterocycles. The molecular weight excluding hydrogens is 297 g/mol. The van der Waals surface area contributed by atoms with Gasteiger partial charge in [0.1, 0.15) is 0 Å². The SMILES string of the molecule is [CH3][Sn][C]1=CCN(C(=O)OC(C)(C)C)CC1. The van der Waals surface area contributed by atoms with Crippen molar-refractivity contribution in [3.63, 3.8) is 0 Å². The van der Waals surface area contributed by atoms with Gasteiger partial charge in [-0.15, -0.1) is 0 Å². The minimum atomic E-state index is -0.386. The van der Waals surface area contributed by atoms with Crippen LogP contribution in [0.5, 0.6) is 0 Å².